The summed E-state index contributed by atoms with van der Waals surface area (Å²) in [5.74, 6) is 0.554. The first-order chi connectivity index (χ1) is 10.6. The molecule has 2 aromatic rings. The first-order valence-electron chi connectivity index (χ1n) is 7.77. The van der Waals surface area contributed by atoms with Crippen LogP contribution < -0.4 is 5.32 Å². The summed E-state index contributed by atoms with van der Waals surface area (Å²) in [4.78, 5) is 17.0. The Balaban J connectivity index is 1.75. The molecule has 2 aromatic heterocycles. The van der Waals surface area contributed by atoms with Gasteiger partial charge in [-0.3, -0.25) is 14.9 Å². The summed E-state index contributed by atoms with van der Waals surface area (Å²) in [6, 6.07) is 4.01. The van der Waals surface area contributed by atoms with Crippen molar-refractivity contribution in [2.24, 2.45) is 5.92 Å². The van der Waals surface area contributed by atoms with Crippen LogP contribution in [0.2, 0.25) is 0 Å². The number of H-pyrrole nitrogens is 1. The number of pyridine rings is 1. The minimum absolute atomic E-state index is 0.0289. The van der Waals surface area contributed by atoms with Crippen LogP contribution in [0.4, 0.5) is 0 Å². The van der Waals surface area contributed by atoms with Gasteiger partial charge in [-0.05, 0) is 51.2 Å². The second-order valence-corrected chi connectivity index (χ2v) is 6.18. The number of amides is 1. The lowest BCUT2D eigenvalue weighted by molar-refractivity contribution is -0.121. The van der Waals surface area contributed by atoms with Gasteiger partial charge in [-0.1, -0.05) is 6.07 Å². The van der Waals surface area contributed by atoms with Crippen molar-refractivity contribution in [1.82, 2.24) is 20.5 Å². The first kappa shape index (κ1) is 14.8. The quantitative estimate of drug-likeness (QED) is 0.891. The third-order valence-electron chi connectivity index (χ3n) is 4.37. The number of hydrogen-bond acceptors (Lipinski definition) is 3. The van der Waals surface area contributed by atoms with E-state index >= 15 is 0 Å². The van der Waals surface area contributed by atoms with Gasteiger partial charge in [0.15, 0.2) is 0 Å². The molecule has 1 amide bonds. The predicted molar refractivity (Wildman–Crippen MR) is 84.3 cm³/mol. The Morgan fingerprint density at radius 2 is 2.18 bits per heavy atom. The molecule has 22 heavy (non-hydrogen) atoms. The van der Waals surface area contributed by atoms with E-state index < -0.39 is 0 Å². The van der Waals surface area contributed by atoms with Gasteiger partial charge in [0.05, 0.1) is 23.9 Å². The third kappa shape index (κ3) is 3.03. The van der Waals surface area contributed by atoms with Crippen molar-refractivity contribution in [2.45, 2.75) is 46.1 Å². The summed E-state index contributed by atoms with van der Waals surface area (Å²) in [6.45, 7) is 5.92. The van der Waals surface area contributed by atoms with Crippen LogP contribution in [0.25, 0.3) is 0 Å². The van der Waals surface area contributed by atoms with E-state index in [-0.39, 0.29) is 11.9 Å². The fraction of sp³-hybridized carbons (Fsp3) is 0.471. The zero-order chi connectivity index (χ0) is 15.7. The Morgan fingerprint density at radius 1 is 1.41 bits per heavy atom. The van der Waals surface area contributed by atoms with E-state index in [0.29, 0.717) is 12.3 Å². The van der Waals surface area contributed by atoms with Crippen LogP contribution in [0.1, 0.15) is 47.1 Å². The van der Waals surface area contributed by atoms with E-state index in [1.165, 1.54) is 0 Å². The van der Waals surface area contributed by atoms with Crippen LogP contribution in [0, 0.1) is 26.7 Å². The Labute approximate surface area is 130 Å². The number of hydrogen-bond donors (Lipinski definition) is 2. The predicted octanol–water partition coefficient (Wildman–Crippen LogP) is 2.54. The Hall–Kier alpha value is -2.17. The normalized spacial score (nSPS) is 15.6. The Kier molecular flexibility index (Phi) is 3.96. The van der Waals surface area contributed by atoms with Gasteiger partial charge in [0, 0.05) is 17.5 Å². The maximum Gasteiger partial charge on any atom is 0.225 e. The van der Waals surface area contributed by atoms with Gasteiger partial charge >= 0.3 is 0 Å². The lowest BCUT2D eigenvalue weighted by Gasteiger charge is -2.19. The van der Waals surface area contributed by atoms with E-state index in [1.807, 2.05) is 32.9 Å². The Bertz CT molecular complexity index is 668. The molecule has 2 heterocycles. The van der Waals surface area contributed by atoms with E-state index in [0.717, 1.165) is 41.1 Å². The standard InChI is InChI=1S/C17H22N4O/c1-10-5-4-8-18-16(10)17(13-6-7-13)19-15(22)9-14-11(2)20-21-12(14)3/h4-5,8,13,17H,6-7,9H2,1-3H3,(H,19,22)(H,20,21). The molecule has 1 aliphatic carbocycles. The molecule has 0 aromatic carbocycles. The van der Waals surface area contributed by atoms with Gasteiger partial charge in [0.25, 0.3) is 0 Å². The molecule has 5 heteroatoms. The van der Waals surface area contributed by atoms with Gasteiger partial charge in [-0.2, -0.15) is 5.10 Å². The summed E-state index contributed by atoms with van der Waals surface area (Å²) in [6.07, 6.45) is 4.48. The third-order valence-corrected chi connectivity index (χ3v) is 4.37. The molecule has 5 nitrogen and oxygen atoms in total. The molecule has 3 rings (SSSR count). The van der Waals surface area contributed by atoms with Crippen molar-refractivity contribution in [3.8, 4) is 0 Å². The monoisotopic (exact) mass is 298 g/mol. The molecule has 1 unspecified atom stereocenters. The minimum atomic E-state index is 0.0289. The zero-order valence-electron chi connectivity index (χ0n) is 13.3. The maximum atomic E-state index is 12.5. The molecule has 0 aliphatic heterocycles. The molecule has 0 spiro atoms. The van der Waals surface area contributed by atoms with Crippen molar-refractivity contribution >= 4 is 5.91 Å². The van der Waals surface area contributed by atoms with E-state index in [9.17, 15) is 4.79 Å². The van der Waals surface area contributed by atoms with Crippen LogP contribution in [0.5, 0.6) is 0 Å². The molecule has 1 aliphatic rings. The fourth-order valence-corrected chi connectivity index (χ4v) is 2.88. The van der Waals surface area contributed by atoms with Gasteiger partial charge in [-0.15, -0.1) is 0 Å². The lowest BCUT2D eigenvalue weighted by atomic mass is 10.0. The van der Waals surface area contributed by atoms with E-state index in [1.54, 1.807) is 6.20 Å². The molecule has 116 valence electrons. The average Bonchev–Trinajstić information content (AvgIpc) is 3.28. The average molecular weight is 298 g/mol. The Morgan fingerprint density at radius 3 is 2.77 bits per heavy atom. The van der Waals surface area contributed by atoms with Crippen molar-refractivity contribution in [1.29, 1.82) is 0 Å². The summed E-state index contributed by atoms with van der Waals surface area (Å²) in [5.41, 5.74) is 4.98. The largest absolute Gasteiger partial charge is 0.347 e. The molecule has 2 N–H and O–H groups in total. The number of rotatable bonds is 5. The highest BCUT2D eigenvalue weighted by Crippen LogP contribution is 2.41. The molecule has 1 atom stereocenters. The SMILES string of the molecule is Cc1cccnc1C(NC(=O)Cc1c(C)n[nH]c1C)C1CC1. The summed E-state index contributed by atoms with van der Waals surface area (Å²) in [7, 11) is 0. The highest BCUT2D eigenvalue weighted by atomic mass is 16.1. The molecule has 1 saturated carbocycles. The number of aromatic amines is 1. The number of nitrogens with one attached hydrogen (secondary N) is 2. The molecular weight excluding hydrogens is 276 g/mol. The maximum absolute atomic E-state index is 12.5. The van der Waals surface area contributed by atoms with Gasteiger partial charge in [-0.25, -0.2) is 0 Å². The first-order valence-corrected chi connectivity index (χ1v) is 7.77. The highest BCUT2D eigenvalue weighted by molar-refractivity contribution is 5.79. The summed E-state index contributed by atoms with van der Waals surface area (Å²) < 4.78 is 0. The molecule has 0 bridgehead atoms. The van der Waals surface area contributed by atoms with Crippen molar-refractivity contribution in [3.63, 3.8) is 0 Å². The molecule has 1 fully saturated rings. The van der Waals surface area contributed by atoms with E-state index in [4.69, 9.17) is 0 Å². The lowest BCUT2D eigenvalue weighted by Crippen LogP contribution is -2.32. The zero-order valence-corrected chi connectivity index (χ0v) is 13.3. The van der Waals surface area contributed by atoms with Crippen molar-refractivity contribution in [3.05, 3.63) is 46.5 Å². The number of aromatic nitrogens is 3. The van der Waals surface area contributed by atoms with E-state index in [2.05, 4.69) is 20.5 Å². The number of aryl methyl sites for hydroxylation is 3. The van der Waals surface area contributed by atoms with Gasteiger partial charge < -0.3 is 5.32 Å². The molecule has 0 saturated heterocycles. The topological polar surface area (TPSA) is 70.7 Å². The molecular formula is C17H22N4O. The summed E-state index contributed by atoms with van der Waals surface area (Å²) >= 11 is 0. The van der Waals surface area contributed by atoms with Crippen LogP contribution >= 0.6 is 0 Å². The van der Waals surface area contributed by atoms with Crippen LogP contribution in [0.15, 0.2) is 18.3 Å². The molecule has 0 radical (unpaired) electrons. The fourth-order valence-electron chi connectivity index (χ4n) is 2.88. The smallest absolute Gasteiger partial charge is 0.225 e. The van der Waals surface area contributed by atoms with Gasteiger partial charge in [0.1, 0.15) is 0 Å². The minimum Gasteiger partial charge on any atom is -0.347 e. The second-order valence-electron chi connectivity index (χ2n) is 6.18. The number of carbonyl (C=O) groups excluding carboxylic acids is 1. The number of nitrogens with zero attached hydrogens (tertiary/aromatic N) is 2. The van der Waals surface area contributed by atoms with Crippen LogP contribution in [0.3, 0.4) is 0 Å². The second kappa shape index (κ2) is 5.91. The highest BCUT2D eigenvalue weighted by Gasteiger charge is 2.35. The van der Waals surface area contributed by atoms with Crippen molar-refractivity contribution in [2.75, 3.05) is 0 Å². The van der Waals surface area contributed by atoms with Gasteiger partial charge in [0.2, 0.25) is 5.91 Å². The van der Waals surface area contributed by atoms with Crippen LogP contribution in [-0.4, -0.2) is 21.1 Å². The van der Waals surface area contributed by atoms with Crippen molar-refractivity contribution < 1.29 is 4.79 Å². The summed E-state index contributed by atoms with van der Waals surface area (Å²) in [5, 5.41) is 10.3. The number of carbonyl (C=O) groups is 1. The van der Waals surface area contributed by atoms with Crippen LogP contribution in [-0.2, 0) is 11.2 Å².